The number of carbonyl (C=O) groups is 1. The van der Waals surface area contributed by atoms with Crippen LogP contribution in [0, 0.1) is 0 Å². The smallest absolute Gasteiger partial charge is 0.224 e. The first-order chi connectivity index (χ1) is 8.63. The van der Waals surface area contributed by atoms with Gasteiger partial charge in [0.1, 0.15) is 5.76 Å². The van der Waals surface area contributed by atoms with E-state index in [9.17, 15) is 4.79 Å². The van der Waals surface area contributed by atoms with Gasteiger partial charge in [-0.1, -0.05) is 23.7 Å². The molecule has 0 bridgehead atoms. The minimum atomic E-state index is -0.0928. The lowest BCUT2D eigenvalue weighted by atomic mass is 10.1. The fourth-order valence-corrected chi connectivity index (χ4v) is 1.90. The molecule has 2 rings (SSSR count). The lowest BCUT2D eigenvalue weighted by molar-refractivity contribution is -0.120. The predicted molar refractivity (Wildman–Crippen MR) is 70.7 cm³/mol. The summed E-state index contributed by atoms with van der Waals surface area (Å²) in [6.45, 7) is 0.326. The average molecular weight is 284 g/mol. The zero-order valence-corrected chi connectivity index (χ0v) is 11.0. The molecule has 0 unspecified atom stereocenters. The van der Waals surface area contributed by atoms with Crippen LogP contribution in [0.15, 0.2) is 40.8 Å². The molecule has 2 aromatic rings. The predicted octanol–water partition coefficient (Wildman–Crippen LogP) is 3.45. The van der Waals surface area contributed by atoms with Crippen LogP contribution in [-0.2, 0) is 17.8 Å². The second kappa shape index (κ2) is 5.94. The number of amides is 1. The van der Waals surface area contributed by atoms with E-state index in [2.05, 4.69) is 5.32 Å². The monoisotopic (exact) mass is 283 g/mol. The molecule has 18 heavy (non-hydrogen) atoms. The number of nitrogens with one attached hydrogen (secondary N) is 1. The molecular weight excluding hydrogens is 273 g/mol. The van der Waals surface area contributed by atoms with E-state index in [0.29, 0.717) is 22.5 Å². The summed E-state index contributed by atoms with van der Waals surface area (Å²) in [5.74, 6) is 0.532. The van der Waals surface area contributed by atoms with Gasteiger partial charge in [0.2, 0.25) is 5.91 Å². The van der Waals surface area contributed by atoms with Gasteiger partial charge >= 0.3 is 0 Å². The molecule has 94 valence electrons. The highest BCUT2D eigenvalue weighted by Crippen LogP contribution is 2.13. The number of halogens is 2. The average Bonchev–Trinajstić information content (AvgIpc) is 2.73. The summed E-state index contributed by atoms with van der Waals surface area (Å²) in [5.41, 5.74) is 0.873. The third-order valence-electron chi connectivity index (χ3n) is 2.34. The quantitative estimate of drug-likeness (QED) is 0.934. The lowest BCUT2D eigenvalue weighted by Crippen LogP contribution is -2.24. The Kier molecular flexibility index (Phi) is 4.28. The van der Waals surface area contributed by atoms with E-state index in [4.69, 9.17) is 27.6 Å². The standard InChI is InChI=1S/C13H11Cl2NO2/c14-10-3-1-2-9(6-10)7-13(17)16-8-11-4-5-12(15)18-11/h1-6H,7-8H2,(H,16,17). The highest BCUT2D eigenvalue weighted by Gasteiger charge is 2.05. The number of rotatable bonds is 4. The molecule has 1 aromatic carbocycles. The first kappa shape index (κ1) is 13.0. The molecule has 1 heterocycles. The maximum absolute atomic E-state index is 11.7. The molecule has 0 atom stereocenters. The zero-order chi connectivity index (χ0) is 13.0. The lowest BCUT2D eigenvalue weighted by Gasteiger charge is -2.03. The molecule has 0 spiro atoms. The van der Waals surface area contributed by atoms with Gasteiger partial charge < -0.3 is 9.73 Å². The molecule has 0 radical (unpaired) electrons. The second-order valence-electron chi connectivity index (χ2n) is 3.79. The van der Waals surface area contributed by atoms with Crippen molar-refractivity contribution in [3.63, 3.8) is 0 Å². The Hall–Kier alpha value is -1.45. The summed E-state index contributed by atoms with van der Waals surface area (Å²) in [7, 11) is 0. The SMILES string of the molecule is O=C(Cc1cccc(Cl)c1)NCc1ccc(Cl)o1. The first-order valence-corrected chi connectivity index (χ1v) is 6.14. The van der Waals surface area contributed by atoms with Crippen LogP contribution in [0.2, 0.25) is 10.2 Å². The van der Waals surface area contributed by atoms with E-state index < -0.39 is 0 Å². The molecular formula is C13H11Cl2NO2. The van der Waals surface area contributed by atoms with Crippen LogP contribution in [0.1, 0.15) is 11.3 Å². The molecule has 1 aromatic heterocycles. The molecule has 0 saturated heterocycles. The van der Waals surface area contributed by atoms with Crippen LogP contribution < -0.4 is 5.32 Å². The van der Waals surface area contributed by atoms with Gasteiger partial charge in [-0.25, -0.2) is 0 Å². The van der Waals surface area contributed by atoms with Crippen LogP contribution in [0.4, 0.5) is 0 Å². The molecule has 5 heteroatoms. The molecule has 0 aliphatic heterocycles. The number of hydrogen-bond acceptors (Lipinski definition) is 2. The van der Waals surface area contributed by atoms with Crippen LogP contribution in [-0.4, -0.2) is 5.91 Å². The summed E-state index contributed by atoms with van der Waals surface area (Å²) in [6.07, 6.45) is 0.287. The van der Waals surface area contributed by atoms with Crippen molar-refractivity contribution < 1.29 is 9.21 Å². The topological polar surface area (TPSA) is 42.2 Å². The van der Waals surface area contributed by atoms with E-state index >= 15 is 0 Å². The van der Waals surface area contributed by atoms with Crippen LogP contribution in [0.25, 0.3) is 0 Å². The highest BCUT2D eigenvalue weighted by molar-refractivity contribution is 6.30. The fourth-order valence-electron chi connectivity index (χ4n) is 1.53. The van der Waals surface area contributed by atoms with Crippen molar-refractivity contribution in [3.8, 4) is 0 Å². The molecule has 1 amide bonds. The number of furan rings is 1. The Labute approximate surface area is 115 Å². The van der Waals surface area contributed by atoms with E-state index in [0.717, 1.165) is 5.56 Å². The third-order valence-corrected chi connectivity index (χ3v) is 2.78. The molecule has 0 saturated carbocycles. The summed E-state index contributed by atoms with van der Waals surface area (Å²) in [5, 5.41) is 3.68. The zero-order valence-electron chi connectivity index (χ0n) is 9.45. The van der Waals surface area contributed by atoms with Crippen LogP contribution >= 0.6 is 23.2 Å². The fraction of sp³-hybridized carbons (Fsp3) is 0.154. The van der Waals surface area contributed by atoms with Gasteiger partial charge in [0.15, 0.2) is 5.22 Å². The minimum Gasteiger partial charge on any atom is -0.448 e. The molecule has 3 nitrogen and oxygen atoms in total. The van der Waals surface area contributed by atoms with Crippen molar-refractivity contribution in [2.45, 2.75) is 13.0 Å². The molecule has 1 N–H and O–H groups in total. The molecule has 0 aliphatic rings. The van der Waals surface area contributed by atoms with Crippen molar-refractivity contribution in [1.29, 1.82) is 0 Å². The third kappa shape index (κ3) is 3.79. The van der Waals surface area contributed by atoms with Gasteiger partial charge in [0.25, 0.3) is 0 Å². The molecule has 0 aliphatic carbocycles. The Morgan fingerprint density at radius 3 is 2.72 bits per heavy atom. The Bertz CT molecular complexity index is 551. The van der Waals surface area contributed by atoms with Gasteiger partial charge in [-0.2, -0.15) is 0 Å². The van der Waals surface area contributed by atoms with Gasteiger partial charge in [-0.15, -0.1) is 0 Å². The van der Waals surface area contributed by atoms with E-state index in [1.54, 1.807) is 24.3 Å². The first-order valence-electron chi connectivity index (χ1n) is 5.39. The molecule has 0 fully saturated rings. The van der Waals surface area contributed by atoms with Crippen molar-refractivity contribution in [1.82, 2.24) is 5.32 Å². The summed E-state index contributed by atoms with van der Waals surface area (Å²) < 4.78 is 5.13. The van der Waals surface area contributed by atoms with Gasteiger partial charge in [0, 0.05) is 5.02 Å². The van der Waals surface area contributed by atoms with Crippen molar-refractivity contribution >= 4 is 29.1 Å². The highest BCUT2D eigenvalue weighted by atomic mass is 35.5. The van der Waals surface area contributed by atoms with Crippen molar-refractivity contribution in [2.24, 2.45) is 0 Å². The van der Waals surface area contributed by atoms with Crippen LogP contribution in [0.3, 0.4) is 0 Å². The Balaban J connectivity index is 1.85. The normalized spacial score (nSPS) is 10.3. The van der Waals surface area contributed by atoms with Crippen molar-refractivity contribution in [2.75, 3.05) is 0 Å². The van der Waals surface area contributed by atoms with Crippen LogP contribution in [0.5, 0.6) is 0 Å². The number of benzene rings is 1. The van der Waals surface area contributed by atoms with Crippen molar-refractivity contribution in [3.05, 3.63) is 58.0 Å². The Morgan fingerprint density at radius 2 is 2.06 bits per heavy atom. The van der Waals surface area contributed by atoms with E-state index in [1.807, 2.05) is 12.1 Å². The van der Waals surface area contributed by atoms with Gasteiger partial charge in [0.05, 0.1) is 13.0 Å². The minimum absolute atomic E-state index is 0.0928. The Morgan fingerprint density at radius 1 is 1.22 bits per heavy atom. The largest absolute Gasteiger partial charge is 0.448 e. The summed E-state index contributed by atoms with van der Waals surface area (Å²) in [4.78, 5) is 11.7. The summed E-state index contributed by atoms with van der Waals surface area (Å²) >= 11 is 11.5. The van der Waals surface area contributed by atoms with Gasteiger partial charge in [-0.05, 0) is 41.4 Å². The van der Waals surface area contributed by atoms with Gasteiger partial charge in [-0.3, -0.25) is 4.79 Å². The van der Waals surface area contributed by atoms with E-state index in [1.165, 1.54) is 0 Å². The maximum atomic E-state index is 11.7. The summed E-state index contributed by atoms with van der Waals surface area (Å²) in [6, 6.07) is 10.6. The maximum Gasteiger partial charge on any atom is 0.224 e. The second-order valence-corrected chi connectivity index (χ2v) is 4.60. The number of hydrogen-bond donors (Lipinski definition) is 1. The number of carbonyl (C=O) groups excluding carboxylic acids is 1. The van der Waals surface area contributed by atoms with E-state index in [-0.39, 0.29) is 12.3 Å².